The van der Waals surface area contributed by atoms with Crippen LogP contribution in [0.5, 0.6) is 11.5 Å². The Morgan fingerprint density at radius 1 is 0.759 bits per heavy atom. The van der Waals surface area contributed by atoms with Crippen LogP contribution in [0, 0.1) is 0 Å². The maximum atomic E-state index is 12.8. The summed E-state index contributed by atoms with van der Waals surface area (Å²) in [5.41, 5.74) is 1.01. The lowest BCUT2D eigenvalue weighted by Crippen LogP contribution is -2.15. The molecular weight excluding hydrogens is 368 g/mol. The molecule has 0 amide bonds. The standard InChI is InChI=1S/C23H30N2O4/c1-24(2)11-5-13-27-17-7-9-19-21(15-17)29-22-16-18(8-10-20(22)23(19)26)28-14-6-12-25(3)4/h7-10,15-16H,5-6,11-14H2,1-4H3. The van der Waals surface area contributed by atoms with Gasteiger partial charge in [-0.15, -0.1) is 0 Å². The first-order chi connectivity index (χ1) is 13.9. The van der Waals surface area contributed by atoms with Gasteiger partial charge >= 0.3 is 0 Å². The van der Waals surface area contributed by atoms with Crippen molar-refractivity contribution in [1.82, 2.24) is 9.80 Å². The van der Waals surface area contributed by atoms with E-state index in [0.29, 0.717) is 46.7 Å². The molecule has 1 aromatic heterocycles. The summed E-state index contributed by atoms with van der Waals surface area (Å²) in [4.78, 5) is 17.1. The lowest BCUT2D eigenvalue weighted by atomic mass is 10.1. The molecule has 3 rings (SSSR count). The Bertz CT molecular complexity index is 934. The third-order valence-corrected chi connectivity index (χ3v) is 4.65. The Morgan fingerprint density at radius 2 is 1.21 bits per heavy atom. The van der Waals surface area contributed by atoms with Crippen LogP contribution in [0.25, 0.3) is 21.9 Å². The average molecular weight is 399 g/mol. The van der Waals surface area contributed by atoms with Crippen LogP contribution in [0.1, 0.15) is 12.8 Å². The van der Waals surface area contributed by atoms with E-state index in [2.05, 4.69) is 9.80 Å². The Hall–Kier alpha value is -2.57. The normalized spacial score (nSPS) is 11.7. The van der Waals surface area contributed by atoms with E-state index in [-0.39, 0.29) is 5.43 Å². The van der Waals surface area contributed by atoms with Crippen molar-refractivity contribution in [2.75, 3.05) is 54.5 Å². The molecule has 0 saturated carbocycles. The number of fused-ring (bicyclic) bond motifs is 2. The van der Waals surface area contributed by atoms with Gasteiger partial charge in [0.1, 0.15) is 22.7 Å². The topological polar surface area (TPSA) is 55.1 Å². The first kappa shape index (κ1) is 21.1. The quantitative estimate of drug-likeness (QED) is 0.384. The molecule has 0 saturated heterocycles. The van der Waals surface area contributed by atoms with E-state index in [1.54, 1.807) is 24.3 Å². The van der Waals surface area contributed by atoms with E-state index in [1.807, 2.05) is 40.3 Å². The third-order valence-electron chi connectivity index (χ3n) is 4.65. The van der Waals surface area contributed by atoms with Crippen molar-refractivity contribution < 1.29 is 13.9 Å². The number of rotatable bonds is 10. The van der Waals surface area contributed by atoms with Crippen molar-refractivity contribution in [3.8, 4) is 11.5 Å². The Morgan fingerprint density at radius 3 is 1.62 bits per heavy atom. The maximum absolute atomic E-state index is 12.8. The van der Waals surface area contributed by atoms with E-state index in [1.165, 1.54) is 0 Å². The zero-order chi connectivity index (χ0) is 20.8. The summed E-state index contributed by atoms with van der Waals surface area (Å²) < 4.78 is 17.6. The van der Waals surface area contributed by atoms with Gasteiger partial charge in [0.2, 0.25) is 5.43 Å². The van der Waals surface area contributed by atoms with Crippen LogP contribution in [-0.4, -0.2) is 64.3 Å². The van der Waals surface area contributed by atoms with Crippen molar-refractivity contribution in [2.45, 2.75) is 12.8 Å². The molecule has 0 bridgehead atoms. The fraction of sp³-hybridized carbons (Fsp3) is 0.435. The molecule has 6 heteroatoms. The van der Waals surface area contributed by atoms with E-state index in [9.17, 15) is 4.79 Å². The molecule has 0 N–H and O–H groups in total. The number of ether oxygens (including phenoxy) is 2. The molecule has 0 radical (unpaired) electrons. The predicted octanol–water partition coefficient (Wildman–Crippen LogP) is 3.61. The van der Waals surface area contributed by atoms with Gasteiger partial charge in [-0.2, -0.15) is 0 Å². The Kier molecular flexibility index (Phi) is 7.12. The summed E-state index contributed by atoms with van der Waals surface area (Å²) in [7, 11) is 8.15. The monoisotopic (exact) mass is 398 g/mol. The summed E-state index contributed by atoms with van der Waals surface area (Å²) in [6.45, 7) is 3.16. The van der Waals surface area contributed by atoms with Crippen LogP contribution >= 0.6 is 0 Å². The SMILES string of the molecule is CN(C)CCCOc1ccc2c(=O)c3ccc(OCCCN(C)C)cc3oc2c1. The summed E-state index contributed by atoms with van der Waals surface area (Å²) in [6.07, 6.45) is 1.86. The minimum Gasteiger partial charge on any atom is -0.493 e. The van der Waals surface area contributed by atoms with Gasteiger partial charge in [-0.3, -0.25) is 4.79 Å². The first-order valence-electron chi connectivity index (χ1n) is 10.00. The molecular formula is C23H30N2O4. The van der Waals surface area contributed by atoms with Gasteiger partial charge in [-0.1, -0.05) is 0 Å². The number of nitrogens with zero attached hydrogens (tertiary/aromatic N) is 2. The highest BCUT2D eigenvalue weighted by atomic mass is 16.5. The summed E-state index contributed by atoms with van der Waals surface area (Å²) in [6, 6.07) is 10.8. The molecule has 6 nitrogen and oxygen atoms in total. The molecule has 29 heavy (non-hydrogen) atoms. The first-order valence-corrected chi connectivity index (χ1v) is 10.00. The highest BCUT2D eigenvalue weighted by Crippen LogP contribution is 2.25. The van der Waals surface area contributed by atoms with E-state index in [0.717, 1.165) is 25.9 Å². The molecule has 156 valence electrons. The molecule has 1 heterocycles. The van der Waals surface area contributed by atoms with Crippen molar-refractivity contribution in [1.29, 1.82) is 0 Å². The minimum atomic E-state index is -0.0421. The fourth-order valence-electron chi connectivity index (χ4n) is 3.13. The lowest BCUT2D eigenvalue weighted by Gasteiger charge is -2.11. The Labute approximate surface area is 171 Å². The minimum absolute atomic E-state index is 0.0421. The summed E-state index contributed by atoms with van der Waals surface area (Å²) in [5, 5.41) is 1.11. The van der Waals surface area contributed by atoms with Crippen LogP contribution in [0.15, 0.2) is 45.6 Å². The molecule has 0 unspecified atom stereocenters. The van der Waals surface area contributed by atoms with Gasteiger partial charge in [0.05, 0.1) is 24.0 Å². The molecule has 3 aromatic rings. The number of hydrogen-bond acceptors (Lipinski definition) is 6. The molecule has 0 aliphatic carbocycles. The molecule has 0 fully saturated rings. The van der Waals surface area contributed by atoms with E-state index in [4.69, 9.17) is 13.9 Å². The molecule has 2 aromatic carbocycles. The fourth-order valence-corrected chi connectivity index (χ4v) is 3.13. The van der Waals surface area contributed by atoms with Gasteiger partial charge < -0.3 is 23.7 Å². The summed E-state index contributed by atoms with van der Waals surface area (Å²) in [5.74, 6) is 1.41. The number of hydrogen-bond donors (Lipinski definition) is 0. The van der Waals surface area contributed by atoms with Gasteiger partial charge in [-0.05, 0) is 65.3 Å². The highest BCUT2D eigenvalue weighted by molar-refractivity contribution is 5.90. The smallest absolute Gasteiger partial charge is 0.200 e. The van der Waals surface area contributed by atoms with Crippen LogP contribution < -0.4 is 14.9 Å². The van der Waals surface area contributed by atoms with Gasteiger partial charge in [0.25, 0.3) is 0 Å². The van der Waals surface area contributed by atoms with Crippen molar-refractivity contribution in [3.05, 3.63) is 46.6 Å². The van der Waals surface area contributed by atoms with Crippen LogP contribution in [0.3, 0.4) is 0 Å². The zero-order valence-corrected chi connectivity index (χ0v) is 17.7. The number of benzene rings is 2. The van der Waals surface area contributed by atoms with Crippen molar-refractivity contribution in [2.24, 2.45) is 0 Å². The lowest BCUT2D eigenvalue weighted by molar-refractivity contribution is 0.281. The molecule has 0 spiro atoms. The summed E-state index contributed by atoms with van der Waals surface area (Å²) >= 11 is 0. The second kappa shape index (κ2) is 9.76. The van der Waals surface area contributed by atoms with Gasteiger partial charge in [-0.25, -0.2) is 0 Å². The average Bonchev–Trinajstić information content (AvgIpc) is 2.68. The van der Waals surface area contributed by atoms with Crippen LogP contribution in [-0.2, 0) is 0 Å². The zero-order valence-electron chi connectivity index (χ0n) is 17.7. The molecule has 0 aliphatic rings. The molecule has 0 aliphatic heterocycles. The van der Waals surface area contributed by atoms with Gasteiger partial charge in [0, 0.05) is 25.2 Å². The van der Waals surface area contributed by atoms with Crippen LogP contribution in [0.2, 0.25) is 0 Å². The highest BCUT2D eigenvalue weighted by Gasteiger charge is 2.10. The Balaban J connectivity index is 1.78. The van der Waals surface area contributed by atoms with Gasteiger partial charge in [0.15, 0.2) is 0 Å². The second-order valence-electron chi connectivity index (χ2n) is 7.76. The van der Waals surface area contributed by atoms with Crippen molar-refractivity contribution in [3.63, 3.8) is 0 Å². The van der Waals surface area contributed by atoms with Crippen molar-refractivity contribution >= 4 is 21.9 Å². The largest absolute Gasteiger partial charge is 0.493 e. The molecule has 0 atom stereocenters. The predicted molar refractivity (Wildman–Crippen MR) is 117 cm³/mol. The maximum Gasteiger partial charge on any atom is 0.200 e. The second-order valence-corrected chi connectivity index (χ2v) is 7.76. The third kappa shape index (κ3) is 5.71. The van der Waals surface area contributed by atoms with E-state index >= 15 is 0 Å². The van der Waals surface area contributed by atoms with Crippen LogP contribution in [0.4, 0.5) is 0 Å². The van der Waals surface area contributed by atoms with E-state index < -0.39 is 0 Å².